The smallest absolute Gasteiger partial charge is 0.0318 e. The fraction of sp³-hybridized carbons (Fsp3) is 0.600. The molecular formula is C15H21Br2N. The van der Waals surface area contributed by atoms with Crippen LogP contribution in [0.5, 0.6) is 0 Å². The third-order valence-corrected chi connectivity index (χ3v) is 4.89. The van der Waals surface area contributed by atoms with Crippen LogP contribution in [0, 0.1) is 5.92 Å². The molecule has 1 aromatic rings. The zero-order chi connectivity index (χ0) is 13.0. The van der Waals surface area contributed by atoms with Crippen molar-refractivity contribution in [1.82, 2.24) is 5.32 Å². The first-order valence-electron chi connectivity index (χ1n) is 6.82. The summed E-state index contributed by atoms with van der Waals surface area (Å²) in [5.41, 5.74) is 1.37. The summed E-state index contributed by atoms with van der Waals surface area (Å²) in [6, 6.07) is 7.01. The SMILES string of the molecule is CNC(CCC1CCCC1)c1cc(Br)cc(Br)c1. The maximum Gasteiger partial charge on any atom is 0.0318 e. The number of benzene rings is 1. The minimum absolute atomic E-state index is 0.472. The standard InChI is InChI=1S/C15H21Br2N/c1-18-15(7-6-11-4-2-3-5-11)12-8-13(16)10-14(17)9-12/h8-11,15,18H,2-7H2,1H3. The van der Waals surface area contributed by atoms with E-state index in [-0.39, 0.29) is 0 Å². The molecule has 0 bridgehead atoms. The Kier molecular flexibility index (Phi) is 5.71. The van der Waals surface area contributed by atoms with Crippen LogP contribution in [-0.4, -0.2) is 7.05 Å². The van der Waals surface area contributed by atoms with Crippen molar-refractivity contribution in [3.05, 3.63) is 32.7 Å². The minimum Gasteiger partial charge on any atom is -0.313 e. The number of hydrogen-bond acceptors (Lipinski definition) is 1. The molecular weight excluding hydrogens is 354 g/mol. The number of rotatable bonds is 5. The molecule has 0 heterocycles. The molecule has 0 aromatic heterocycles. The van der Waals surface area contributed by atoms with E-state index >= 15 is 0 Å². The summed E-state index contributed by atoms with van der Waals surface area (Å²) >= 11 is 7.14. The van der Waals surface area contributed by atoms with Crippen LogP contribution in [0.25, 0.3) is 0 Å². The van der Waals surface area contributed by atoms with Crippen LogP contribution in [-0.2, 0) is 0 Å². The Morgan fingerprint density at radius 3 is 2.33 bits per heavy atom. The Balaban J connectivity index is 1.98. The van der Waals surface area contributed by atoms with Gasteiger partial charge in [0.15, 0.2) is 0 Å². The molecule has 1 nitrogen and oxygen atoms in total. The van der Waals surface area contributed by atoms with Gasteiger partial charge in [0, 0.05) is 15.0 Å². The first-order valence-corrected chi connectivity index (χ1v) is 8.41. The average molecular weight is 375 g/mol. The Morgan fingerprint density at radius 2 is 1.78 bits per heavy atom. The van der Waals surface area contributed by atoms with Gasteiger partial charge in [0.1, 0.15) is 0 Å². The van der Waals surface area contributed by atoms with Gasteiger partial charge in [-0.1, -0.05) is 57.5 Å². The molecule has 0 radical (unpaired) electrons. The lowest BCUT2D eigenvalue weighted by molar-refractivity contribution is 0.427. The van der Waals surface area contributed by atoms with Gasteiger partial charge in [-0.05, 0) is 49.6 Å². The van der Waals surface area contributed by atoms with Crippen LogP contribution >= 0.6 is 31.9 Å². The zero-order valence-corrected chi connectivity index (χ0v) is 14.1. The second-order valence-electron chi connectivity index (χ2n) is 5.27. The molecule has 0 aliphatic heterocycles. The third-order valence-electron chi connectivity index (χ3n) is 3.97. The molecule has 2 rings (SSSR count). The van der Waals surface area contributed by atoms with E-state index in [1.165, 1.54) is 44.1 Å². The van der Waals surface area contributed by atoms with Gasteiger partial charge >= 0.3 is 0 Å². The summed E-state index contributed by atoms with van der Waals surface area (Å²) in [7, 11) is 2.06. The summed E-state index contributed by atoms with van der Waals surface area (Å²) in [6.45, 7) is 0. The van der Waals surface area contributed by atoms with Crippen LogP contribution in [0.4, 0.5) is 0 Å². The molecule has 1 aliphatic carbocycles. The van der Waals surface area contributed by atoms with Crippen molar-refractivity contribution in [2.75, 3.05) is 7.05 Å². The molecule has 100 valence electrons. The molecule has 1 fully saturated rings. The van der Waals surface area contributed by atoms with Crippen LogP contribution in [0.15, 0.2) is 27.1 Å². The summed E-state index contributed by atoms with van der Waals surface area (Å²) < 4.78 is 2.29. The Bertz CT molecular complexity index is 366. The molecule has 1 unspecified atom stereocenters. The highest BCUT2D eigenvalue weighted by molar-refractivity contribution is 9.11. The highest BCUT2D eigenvalue weighted by Gasteiger charge is 2.18. The van der Waals surface area contributed by atoms with E-state index in [2.05, 4.69) is 62.4 Å². The van der Waals surface area contributed by atoms with E-state index < -0.39 is 0 Å². The van der Waals surface area contributed by atoms with E-state index in [4.69, 9.17) is 0 Å². The lowest BCUT2D eigenvalue weighted by atomic mass is 9.95. The second-order valence-corrected chi connectivity index (χ2v) is 7.10. The van der Waals surface area contributed by atoms with Gasteiger partial charge in [0.05, 0.1) is 0 Å². The van der Waals surface area contributed by atoms with E-state index in [9.17, 15) is 0 Å². The predicted molar refractivity (Wildman–Crippen MR) is 84.8 cm³/mol. The largest absolute Gasteiger partial charge is 0.313 e. The van der Waals surface area contributed by atoms with E-state index in [0.717, 1.165) is 14.9 Å². The van der Waals surface area contributed by atoms with Crippen molar-refractivity contribution in [2.45, 2.75) is 44.6 Å². The molecule has 1 saturated carbocycles. The summed E-state index contributed by atoms with van der Waals surface area (Å²) in [5.74, 6) is 0.969. The first-order chi connectivity index (χ1) is 8.69. The van der Waals surface area contributed by atoms with Crippen molar-refractivity contribution in [3.63, 3.8) is 0 Å². The lowest BCUT2D eigenvalue weighted by Crippen LogP contribution is -2.17. The first kappa shape index (κ1) is 14.5. The highest BCUT2D eigenvalue weighted by Crippen LogP contribution is 2.32. The Labute approximate surface area is 127 Å². The molecule has 0 spiro atoms. The van der Waals surface area contributed by atoms with Gasteiger partial charge in [0.2, 0.25) is 0 Å². The lowest BCUT2D eigenvalue weighted by Gasteiger charge is -2.19. The number of nitrogens with one attached hydrogen (secondary N) is 1. The predicted octanol–water partition coefficient (Wildman–Crippen LogP) is 5.44. The van der Waals surface area contributed by atoms with Gasteiger partial charge < -0.3 is 5.32 Å². The highest BCUT2D eigenvalue weighted by atomic mass is 79.9. The van der Waals surface area contributed by atoms with Crippen molar-refractivity contribution in [1.29, 1.82) is 0 Å². The molecule has 1 aliphatic rings. The molecule has 1 aromatic carbocycles. The van der Waals surface area contributed by atoms with Crippen LogP contribution < -0.4 is 5.32 Å². The summed E-state index contributed by atoms with van der Waals surface area (Å²) in [5, 5.41) is 3.46. The van der Waals surface area contributed by atoms with Crippen molar-refractivity contribution in [3.8, 4) is 0 Å². The molecule has 3 heteroatoms. The van der Waals surface area contributed by atoms with Crippen LogP contribution in [0.2, 0.25) is 0 Å². The summed E-state index contributed by atoms with van der Waals surface area (Å²) in [6.07, 6.45) is 8.37. The maximum absolute atomic E-state index is 3.57. The van der Waals surface area contributed by atoms with E-state index in [1.807, 2.05) is 0 Å². The number of halogens is 2. The van der Waals surface area contributed by atoms with Gasteiger partial charge in [-0.3, -0.25) is 0 Å². The molecule has 1 atom stereocenters. The Hall–Kier alpha value is 0.140. The molecule has 0 saturated heterocycles. The van der Waals surface area contributed by atoms with E-state index in [1.54, 1.807) is 0 Å². The quantitative estimate of drug-likeness (QED) is 0.723. The number of hydrogen-bond donors (Lipinski definition) is 1. The maximum atomic E-state index is 3.57. The van der Waals surface area contributed by atoms with Gasteiger partial charge in [-0.15, -0.1) is 0 Å². The van der Waals surface area contributed by atoms with Crippen molar-refractivity contribution >= 4 is 31.9 Å². The van der Waals surface area contributed by atoms with Gasteiger partial charge in [-0.25, -0.2) is 0 Å². The van der Waals surface area contributed by atoms with Gasteiger partial charge in [-0.2, -0.15) is 0 Å². The Morgan fingerprint density at radius 1 is 1.17 bits per heavy atom. The van der Waals surface area contributed by atoms with Crippen LogP contribution in [0.1, 0.15) is 50.1 Å². The second kappa shape index (κ2) is 7.06. The fourth-order valence-corrected chi connectivity index (χ4v) is 4.28. The normalized spacial score (nSPS) is 18.2. The average Bonchev–Trinajstić information content (AvgIpc) is 2.81. The van der Waals surface area contributed by atoms with Crippen LogP contribution in [0.3, 0.4) is 0 Å². The topological polar surface area (TPSA) is 12.0 Å². The molecule has 1 N–H and O–H groups in total. The minimum atomic E-state index is 0.472. The van der Waals surface area contributed by atoms with Crippen molar-refractivity contribution < 1.29 is 0 Å². The zero-order valence-electron chi connectivity index (χ0n) is 10.9. The fourth-order valence-electron chi connectivity index (χ4n) is 2.96. The monoisotopic (exact) mass is 373 g/mol. The van der Waals surface area contributed by atoms with Gasteiger partial charge in [0.25, 0.3) is 0 Å². The summed E-state index contributed by atoms with van der Waals surface area (Å²) in [4.78, 5) is 0. The van der Waals surface area contributed by atoms with E-state index in [0.29, 0.717) is 6.04 Å². The third kappa shape index (κ3) is 4.07. The van der Waals surface area contributed by atoms with Crippen molar-refractivity contribution in [2.24, 2.45) is 5.92 Å². The molecule has 18 heavy (non-hydrogen) atoms. The molecule has 0 amide bonds.